The van der Waals surface area contributed by atoms with Crippen molar-refractivity contribution < 1.29 is 14.6 Å². The summed E-state index contributed by atoms with van der Waals surface area (Å²) in [5.74, 6) is 0.621. The quantitative estimate of drug-likeness (QED) is 0.435. The maximum Gasteiger partial charge on any atom is 0.411 e. The molecule has 0 bridgehead atoms. The third-order valence-electron chi connectivity index (χ3n) is 4.15. The Kier molecular flexibility index (Phi) is 7.83. The van der Waals surface area contributed by atoms with E-state index in [0.29, 0.717) is 31.3 Å². The van der Waals surface area contributed by atoms with Crippen molar-refractivity contribution in [2.45, 2.75) is 26.0 Å². The summed E-state index contributed by atoms with van der Waals surface area (Å²) in [5, 5.41) is 19.7. The normalized spacial score (nSPS) is 13.4. The molecular formula is C21H28N4O3. The molecule has 0 radical (unpaired) electrons. The Balaban J connectivity index is 1.97. The maximum absolute atomic E-state index is 11.2. The lowest BCUT2D eigenvalue weighted by molar-refractivity contribution is 0.0617. The Morgan fingerprint density at radius 3 is 2.39 bits per heavy atom. The number of anilines is 1. The predicted octanol–water partition coefficient (Wildman–Crippen LogP) is 2.83. The molecule has 1 amide bonds. The van der Waals surface area contributed by atoms with Gasteiger partial charge in [-0.15, -0.1) is 0 Å². The number of amides is 1. The number of hydrogen-bond donors (Lipinski definition) is 4. The van der Waals surface area contributed by atoms with Crippen molar-refractivity contribution in [3.05, 3.63) is 65.7 Å². The van der Waals surface area contributed by atoms with E-state index in [0.717, 1.165) is 11.1 Å². The zero-order valence-electron chi connectivity index (χ0n) is 16.5. The van der Waals surface area contributed by atoms with Crippen molar-refractivity contribution in [1.29, 1.82) is 0 Å². The second kappa shape index (κ2) is 10.3. The number of rotatable bonds is 7. The number of nitrogens with one attached hydrogen (secondary N) is 3. The van der Waals surface area contributed by atoms with Crippen LogP contribution < -0.4 is 16.0 Å². The number of methoxy groups -OCH3 is 1. The van der Waals surface area contributed by atoms with Crippen molar-refractivity contribution in [3.8, 4) is 0 Å². The molecule has 2 aromatic carbocycles. The van der Waals surface area contributed by atoms with Crippen LogP contribution >= 0.6 is 0 Å². The van der Waals surface area contributed by atoms with Gasteiger partial charge in [0, 0.05) is 12.2 Å². The third kappa shape index (κ3) is 6.59. The van der Waals surface area contributed by atoms with Crippen molar-refractivity contribution in [3.63, 3.8) is 0 Å². The van der Waals surface area contributed by atoms with E-state index >= 15 is 0 Å². The molecule has 1 unspecified atom stereocenters. The lowest BCUT2D eigenvalue weighted by Gasteiger charge is -2.25. The van der Waals surface area contributed by atoms with Gasteiger partial charge in [-0.25, -0.2) is 9.79 Å². The molecule has 28 heavy (non-hydrogen) atoms. The molecule has 7 heteroatoms. The highest BCUT2D eigenvalue weighted by Crippen LogP contribution is 2.18. The topological polar surface area (TPSA) is 95.0 Å². The van der Waals surface area contributed by atoms with Crippen LogP contribution in [0.3, 0.4) is 0 Å². The molecule has 0 heterocycles. The van der Waals surface area contributed by atoms with Crippen molar-refractivity contribution in [2.24, 2.45) is 4.99 Å². The van der Waals surface area contributed by atoms with E-state index in [1.54, 1.807) is 19.1 Å². The van der Waals surface area contributed by atoms with Gasteiger partial charge in [-0.3, -0.25) is 5.32 Å². The van der Waals surface area contributed by atoms with Crippen LogP contribution in [0.25, 0.3) is 0 Å². The molecular weight excluding hydrogens is 356 g/mol. The number of aliphatic hydroxyl groups is 1. The van der Waals surface area contributed by atoms with Crippen LogP contribution in [0.4, 0.5) is 10.5 Å². The summed E-state index contributed by atoms with van der Waals surface area (Å²) >= 11 is 0. The third-order valence-corrected chi connectivity index (χ3v) is 4.15. The van der Waals surface area contributed by atoms with Gasteiger partial charge in [0.1, 0.15) is 5.60 Å². The predicted molar refractivity (Wildman–Crippen MR) is 111 cm³/mol. The molecule has 2 rings (SSSR count). The Morgan fingerprint density at radius 2 is 1.79 bits per heavy atom. The highest BCUT2D eigenvalue weighted by molar-refractivity contribution is 5.84. The smallest absolute Gasteiger partial charge is 0.411 e. The second-order valence-electron chi connectivity index (χ2n) is 6.50. The number of carbonyl (C=O) groups excluding carboxylic acids is 1. The van der Waals surface area contributed by atoms with Gasteiger partial charge in [0.25, 0.3) is 0 Å². The Bertz CT molecular complexity index is 774. The maximum atomic E-state index is 11.2. The van der Waals surface area contributed by atoms with E-state index in [2.05, 4.69) is 25.7 Å². The average Bonchev–Trinajstić information content (AvgIpc) is 2.71. The molecule has 0 aliphatic rings. The van der Waals surface area contributed by atoms with Crippen LogP contribution in [0.15, 0.2) is 59.6 Å². The Labute approximate surface area is 165 Å². The van der Waals surface area contributed by atoms with Gasteiger partial charge in [-0.1, -0.05) is 42.5 Å². The molecule has 0 fully saturated rings. The standard InChI is InChI=1S/C21H28N4O3/c1-4-22-19(24-15-21(2,27)17-8-6-5-7-9-17)23-14-16-10-12-18(13-11-16)25-20(26)28-3/h5-13,27H,4,14-15H2,1-3H3,(H,25,26)(H2,22,23,24). The van der Waals surface area contributed by atoms with Gasteiger partial charge < -0.3 is 20.5 Å². The number of hydrogen-bond acceptors (Lipinski definition) is 4. The summed E-state index contributed by atoms with van der Waals surface area (Å²) < 4.78 is 4.57. The van der Waals surface area contributed by atoms with Crippen LogP contribution in [0, 0.1) is 0 Å². The van der Waals surface area contributed by atoms with Crippen molar-refractivity contribution in [1.82, 2.24) is 10.6 Å². The van der Waals surface area contributed by atoms with Crippen LogP contribution in [0.1, 0.15) is 25.0 Å². The molecule has 0 aliphatic heterocycles. The SMILES string of the molecule is CCNC(=NCc1ccc(NC(=O)OC)cc1)NCC(C)(O)c1ccccc1. The second-order valence-corrected chi connectivity index (χ2v) is 6.50. The molecule has 0 saturated carbocycles. The van der Waals surface area contributed by atoms with Crippen LogP contribution in [-0.4, -0.2) is 37.4 Å². The number of guanidine groups is 1. The van der Waals surface area contributed by atoms with Gasteiger partial charge >= 0.3 is 6.09 Å². The van der Waals surface area contributed by atoms with Gasteiger partial charge in [0.15, 0.2) is 5.96 Å². The number of nitrogens with zero attached hydrogens (tertiary/aromatic N) is 1. The van der Waals surface area contributed by atoms with Crippen molar-refractivity contribution in [2.75, 3.05) is 25.5 Å². The van der Waals surface area contributed by atoms with E-state index in [1.165, 1.54) is 7.11 Å². The summed E-state index contributed by atoms with van der Waals surface area (Å²) in [6.45, 7) is 5.25. The summed E-state index contributed by atoms with van der Waals surface area (Å²) in [6, 6.07) is 16.9. The van der Waals surface area contributed by atoms with E-state index in [1.807, 2.05) is 49.4 Å². The van der Waals surface area contributed by atoms with Gasteiger partial charge in [0.2, 0.25) is 0 Å². The minimum Gasteiger partial charge on any atom is -0.453 e. The van der Waals surface area contributed by atoms with E-state index in [4.69, 9.17) is 0 Å². The van der Waals surface area contributed by atoms with Gasteiger partial charge in [-0.05, 0) is 37.1 Å². The molecule has 0 aromatic heterocycles. The number of ether oxygens (including phenoxy) is 1. The van der Waals surface area contributed by atoms with E-state index < -0.39 is 11.7 Å². The molecule has 4 N–H and O–H groups in total. The zero-order valence-corrected chi connectivity index (χ0v) is 16.5. The first kappa shape index (κ1) is 21.2. The first-order chi connectivity index (χ1) is 13.4. The minimum absolute atomic E-state index is 0.324. The largest absolute Gasteiger partial charge is 0.453 e. The summed E-state index contributed by atoms with van der Waals surface area (Å²) in [7, 11) is 1.32. The molecule has 1 atom stereocenters. The van der Waals surface area contributed by atoms with Crippen LogP contribution in [-0.2, 0) is 16.9 Å². The number of aliphatic imine (C=N–C) groups is 1. The minimum atomic E-state index is -1.02. The number of benzene rings is 2. The van der Waals surface area contributed by atoms with Gasteiger partial charge in [0.05, 0.1) is 20.2 Å². The van der Waals surface area contributed by atoms with Crippen LogP contribution in [0.2, 0.25) is 0 Å². The fraction of sp³-hybridized carbons (Fsp3) is 0.333. The van der Waals surface area contributed by atoms with Crippen LogP contribution in [0.5, 0.6) is 0 Å². The van der Waals surface area contributed by atoms with Gasteiger partial charge in [-0.2, -0.15) is 0 Å². The highest BCUT2D eigenvalue weighted by atomic mass is 16.5. The molecule has 0 saturated heterocycles. The van der Waals surface area contributed by atoms with Crippen molar-refractivity contribution >= 4 is 17.7 Å². The molecule has 0 aliphatic carbocycles. The summed E-state index contributed by atoms with van der Waals surface area (Å²) in [4.78, 5) is 15.8. The Hall–Kier alpha value is -3.06. The Morgan fingerprint density at radius 1 is 1.11 bits per heavy atom. The molecule has 7 nitrogen and oxygen atoms in total. The highest BCUT2D eigenvalue weighted by Gasteiger charge is 2.22. The fourth-order valence-corrected chi connectivity index (χ4v) is 2.53. The number of carbonyl (C=O) groups is 1. The van der Waals surface area contributed by atoms with E-state index in [9.17, 15) is 9.90 Å². The lowest BCUT2D eigenvalue weighted by Crippen LogP contribution is -2.44. The zero-order chi connectivity index (χ0) is 20.4. The summed E-state index contributed by atoms with van der Waals surface area (Å²) in [5.41, 5.74) is 1.47. The monoisotopic (exact) mass is 384 g/mol. The molecule has 0 spiro atoms. The van der Waals surface area contributed by atoms with E-state index in [-0.39, 0.29) is 0 Å². The summed E-state index contributed by atoms with van der Waals surface area (Å²) in [6.07, 6.45) is -0.505. The fourth-order valence-electron chi connectivity index (χ4n) is 2.53. The lowest BCUT2D eigenvalue weighted by atomic mass is 9.96. The molecule has 150 valence electrons. The first-order valence-corrected chi connectivity index (χ1v) is 9.18. The average molecular weight is 384 g/mol. The molecule has 2 aromatic rings. The first-order valence-electron chi connectivity index (χ1n) is 9.18.